The van der Waals surface area contributed by atoms with Gasteiger partial charge in [0.1, 0.15) is 5.75 Å². The Hall–Kier alpha value is -2.56. The number of aliphatic hydroxyl groups is 1. The first-order chi connectivity index (χ1) is 12.8. The molecule has 1 aliphatic heterocycles. The van der Waals surface area contributed by atoms with Gasteiger partial charge < -0.3 is 14.7 Å². The minimum Gasteiger partial charge on any atom is -0.496 e. The van der Waals surface area contributed by atoms with Crippen LogP contribution >= 0.6 is 0 Å². The molecule has 10 heteroatoms. The molecule has 1 aromatic heterocycles. The summed E-state index contributed by atoms with van der Waals surface area (Å²) in [5.41, 5.74) is 0.807. The van der Waals surface area contributed by atoms with E-state index in [0.29, 0.717) is 13.0 Å². The highest BCUT2D eigenvalue weighted by Gasteiger charge is 2.35. The summed E-state index contributed by atoms with van der Waals surface area (Å²) in [5, 5.41) is 15.5. The summed E-state index contributed by atoms with van der Waals surface area (Å²) in [6.45, 7) is 0.436. The molecule has 1 fully saturated rings. The molecular weight excluding hydrogens is 372 g/mol. The Morgan fingerprint density at radius 2 is 2.15 bits per heavy atom. The number of methoxy groups -OCH3 is 1. The van der Waals surface area contributed by atoms with E-state index < -0.39 is 22.0 Å². The summed E-state index contributed by atoms with van der Waals surface area (Å²) in [6.07, 6.45) is 4.52. The quantitative estimate of drug-likeness (QED) is 0.720. The molecule has 1 aromatic carbocycles. The lowest BCUT2D eigenvalue weighted by molar-refractivity contribution is 0.0761. The molecule has 9 nitrogen and oxygen atoms in total. The number of sulfonamides is 1. The summed E-state index contributed by atoms with van der Waals surface area (Å²) in [4.78, 5) is 22.4. The van der Waals surface area contributed by atoms with Crippen molar-refractivity contribution in [1.29, 1.82) is 0 Å². The number of rotatable bonds is 5. The molecule has 3 rings (SSSR count). The number of amides is 1. The van der Waals surface area contributed by atoms with Gasteiger partial charge in [0.15, 0.2) is 0 Å². The fraction of sp³-hybridized carbons (Fsp3) is 0.353. The van der Waals surface area contributed by atoms with Crippen LogP contribution in [-0.2, 0) is 16.4 Å². The average Bonchev–Trinajstić information content (AvgIpc) is 3.01. The molecule has 3 N–H and O–H groups in total. The van der Waals surface area contributed by atoms with Gasteiger partial charge in [-0.25, -0.2) is 13.6 Å². The Bertz CT molecular complexity index is 936. The first-order valence-corrected chi connectivity index (χ1v) is 9.77. The van der Waals surface area contributed by atoms with Crippen LogP contribution in [0.15, 0.2) is 41.7 Å². The number of hydrogen-bond acceptors (Lipinski definition) is 7. The number of carbonyl (C=O) groups is 1. The van der Waals surface area contributed by atoms with Crippen molar-refractivity contribution < 1.29 is 23.1 Å². The van der Waals surface area contributed by atoms with Gasteiger partial charge in [0.05, 0.1) is 29.4 Å². The number of aliphatic hydroxyl groups excluding tert-OH is 1. The van der Waals surface area contributed by atoms with Gasteiger partial charge in [-0.3, -0.25) is 14.8 Å². The van der Waals surface area contributed by atoms with E-state index in [0.717, 1.165) is 5.69 Å². The van der Waals surface area contributed by atoms with Crippen molar-refractivity contribution in [2.24, 2.45) is 11.1 Å². The van der Waals surface area contributed by atoms with Gasteiger partial charge in [-0.1, -0.05) is 0 Å². The predicted molar refractivity (Wildman–Crippen MR) is 95.5 cm³/mol. The summed E-state index contributed by atoms with van der Waals surface area (Å²) in [5.74, 6) is -0.393. The molecule has 0 aliphatic carbocycles. The van der Waals surface area contributed by atoms with Gasteiger partial charge >= 0.3 is 0 Å². The van der Waals surface area contributed by atoms with Gasteiger partial charge in [-0.2, -0.15) is 0 Å². The molecule has 0 radical (unpaired) electrons. The number of β-amino-alcohol motifs (C(OH)–C–C–N with tert-alkyl or cyclic N) is 1. The minimum atomic E-state index is -3.96. The number of primary sulfonamides is 1. The SMILES string of the molecule is COc1ccc(S(N)(=O)=O)cc1C(=O)N1C[C@@H](Cc2cnccn2)[C@H](O)C1. The van der Waals surface area contributed by atoms with Crippen LogP contribution in [0.2, 0.25) is 0 Å². The minimum absolute atomic E-state index is 0.0800. The number of benzene rings is 1. The van der Waals surface area contributed by atoms with Crippen molar-refractivity contribution >= 4 is 15.9 Å². The van der Waals surface area contributed by atoms with Gasteiger partial charge in [-0.05, 0) is 24.6 Å². The highest BCUT2D eigenvalue weighted by molar-refractivity contribution is 7.89. The first kappa shape index (κ1) is 19.2. The zero-order valence-corrected chi connectivity index (χ0v) is 15.5. The zero-order valence-electron chi connectivity index (χ0n) is 14.6. The lowest BCUT2D eigenvalue weighted by Gasteiger charge is -2.18. The fourth-order valence-corrected chi connectivity index (χ4v) is 3.67. The lowest BCUT2D eigenvalue weighted by atomic mass is 10.0. The molecule has 2 heterocycles. The maximum atomic E-state index is 12.9. The van der Waals surface area contributed by atoms with Crippen LogP contribution in [0, 0.1) is 5.92 Å². The van der Waals surface area contributed by atoms with Crippen molar-refractivity contribution in [3.05, 3.63) is 48.0 Å². The topological polar surface area (TPSA) is 136 Å². The summed E-state index contributed by atoms with van der Waals surface area (Å²) < 4.78 is 28.4. The van der Waals surface area contributed by atoms with Crippen LogP contribution in [0.25, 0.3) is 0 Å². The molecule has 1 saturated heterocycles. The molecule has 2 atom stereocenters. The van der Waals surface area contributed by atoms with Crippen LogP contribution in [0.4, 0.5) is 0 Å². The molecule has 0 saturated carbocycles. The van der Waals surface area contributed by atoms with E-state index in [1.54, 1.807) is 18.6 Å². The number of nitrogens with two attached hydrogens (primary N) is 1. The van der Waals surface area contributed by atoms with Crippen LogP contribution in [0.1, 0.15) is 16.1 Å². The molecule has 2 aromatic rings. The van der Waals surface area contributed by atoms with Crippen molar-refractivity contribution in [3.63, 3.8) is 0 Å². The van der Waals surface area contributed by atoms with E-state index in [-0.39, 0.29) is 28.7 Å². The Kier molecular flexibility index (Phi) is 5.40. The van der Waals surface area contributed by atoms with Crippen LogP contribution in [-0.4, -0.2) is 60.6 Å². The standard InChI is InChI=1S/C17H20N4O5S/c1-26-16-3-2-13(27(18,24)25)7-14(16)17(23)21-9-11(15(22)10-21)6-12-8-19-4-5-20-12/h2-5,7-8,11,15,22H,6,9-10H2,1H3,(H2,18,24,25)/t11-,15-/m1/s1. The Morgan fingerprint density at radius 1 is 1.37 bits per heavy atom. The highest BCUT2D eigenvalue weighted by atomic mass is 32.2. The van der Waals surface area contributed by atoms with E-state index in [9.17, 15) is 18.3 Å². The maximum Gasteiger partial charge on any atom is 0.257 e. The highest BCUT2D eigenvalue weighted by Crippen LogP contribution is 2.27. The third-order valence-corrected chi connectivity index (χ3v) is 5.42. The average molecular weight is 392 g/mol. The van der Waals surface area contributed by atoms with E-state index >= 15 is 0 Å². The predicted octanol–water partition coefficient (Wildman–Crippen LogP) is -0.192. The third-order valence-electron chi connectivity index (χ3n) is 4.51. The largest absolute Gasteiger partial charge is 0.496 e. The van der Waals surface area contributed by atoms with E-state index in [1.165, 1.54) is 30.2 Å². The number of ether oxygens (including phenoxy) is 1. The van der Waals surface area contributed by atoms with Crippen molar-refractivity contribution in [1.82, 2.24) is 14.9 Å². The summed E-state index contributed by atoms with van der Waals surface area (Å²) >= 11 is 0. The zero-order chi connectivity index (χ0) is 19.6. The normalized spacial score (nSPS) is 19.9. The van der Waals surface area contributed by atoms with Gasteiger partial charge in [0.25, 0.3) is 5.91 Å². The van der Waals surface area contributed by atoms with Gasteiger partial charge in [-0.15, -0.1) is 0 Å². The third kappa shape index (κ3) is 4.24. The molecule has 0 spiro atoms. The molecule has 0 bridgehead atoms. The molecule has 1 amide bonds. The smallest absolute Gasteiger partial charge is 0.257 e. The van der Waals surface area contributed by atoms with Crippen LogP contribution in [0.3, 0.4) is 0 Å². The van der Waals surface area contributed by atoms with E-state index in [1.807, 2.05) is 0 Å². The molecule has 1 aliphatic rings. The van der Waals surface area contributed by atoms with Crippen LogP contribution < -0.4 is 9.88 Å². The number of likely N-dealkylation sites (tertiary alicyclic amines) is 1. The van der Waals surface area contributed by atoms with Gasteiger partial charge in [0, 0.05) is 37.6 Å². The summed E-state index contributed by atoms with van der Waals surface area (Å²) in [7, 11) is -2.57. The monoisotopic (exact) mass is 392 g/mol. The van der Waals surface area contributed by atoms with Crippen molar-refractivity contribution in [3.8, 4) is 5.75 Å². The van der Waals surface area contributed by atoms with E-state index in [4.69, 9.17) is 9.88 Å². The Balaban J connectivity index is 1.82. The Morgan fingerprint density at radius 3 is 2.78 bits per heavy atom. The van der Waals surface area contributed by atoms with Crippen LogP contribution in [0.5, 0.6) is 5.75 Å². The molecule has 0 unspecified atom stereocenters. The number of carbonyl (C=O) groups excluding carboxylic acids is 1. The van der Waals surface area contributed by atoms with E-state index in [2.05, 4.69) is 9.97 Å². The van der Waals surface area contributed by atoms with Crippen molar-refractivity contribution in [2.45, 2.75) is 17.4 Å². The molecular formula is C17H20N4O5S. The Labute approximate surface area is 156 Å². The second-order valence-corrected chi connectivity index (χ2v) is 7.91. The maximum absolute atomic E-state index is 12.9. The molecule has 144 valence electrons. The first-order valence-electron chi connectivity index (χ1n) is 8.22. The second kappa shape index (κ2) is 7.59. The molecule has 27 heavy (non-hydrogen) atoms. The fourth-order valence-electron chi connectivity index (χ4n) is 3.13. The number of nitrogens with zero attached hydrogens (tertiary/aromatic N) is 3. The second-order valence-electron chi connectivity index (χ2n) is 6.35. The lowest BCUT2D eigenvalue weighted by Crippen LogP contribution is -2.30. The van der Waals surface area contributed by atoms with Gasteiger partial charge in [0.2, 0.25) is 10.0 Å². The van der Waals surface area contributed by atoms with Crippen molar-refractivity contribution in [2.75, 3.05) is 20.2 Å². The summed E-state index contributed by atoms with van der Waals surface area (Å²) in [6, 6.07) is 3.86. The number of aromatic nitrogens is 2. The number of hydrogen-bond donors (Lipinski definition) is 2.